The number of rotatable bonds is 4. The lowest BCUT2D eigenvalue weighted by molar-refractivity contribution is 0.483. The Bertz CT molecular complexity index is 669. The monoisotopic (exact) mass is 290 g/mol. The summed E-state index contributed by atoms with van der Waals surface area (Å²) in [5, 5.41) is 0. The van der Waals surface area contributed by atoms with E-state index in [1.165, 1.54) is 17.7 Å². The number of hydrogen-bond acceptors (Lipinski definition) is 2. The van der Waals surface area contributed by atoms with Gasteiger partial charge in [-0.15, -0.1) is 0 Å². The van der Waals surface area contributed by atoms with Crippen molar-refractivity contribution in [3.05, 3.63) is 54.1 Å². The van der Waals surface area contributed by atoms with Crippen LogP contribution in [0.4, 0.5) is 0 Å². The first-order valence-corrected chi connectivity index (χ1v) is 7.97. The second kappa shape index (κ2) is 5.77. The Morgan fingerprint density at radius 2 is 1.35 bits per heavy atom. The van der Waals surface area contributed by atoms with Crippen molar-refractivity contribution in [3.63, 3.8) is 0 Å². The molecule has 0 radical (unpaired) electrons. The van der Waals surface area contributed by atoms with Crippen LogP contribution in [0.2, 0.25) is 0 Å². The van der Waals surface area contributed by atoms with Crippen molar-refractivity contribution in [2.45, 2.75) is 25.2 Å². The van der Waals surface area contributed by atoms with Gasteiger partial charge in [-0.25, -0.2) is 0 Å². The van der Waals surface area contributed by atoms with Crippen LogP contribution in [0, 0.1) is 5.92 Å². The van der Waals surface area contributed by atoms with Crippen LogP contribution in [0.5, 0.6) is 0 Å². The molecule has 0 fully saturated rings. The lowest BCUT2D eigenvalue weighted by Crippen LogP contribution is -1.97. The lowest BCUT2D eigenvalue weighted by atomic mass is 9.99. The fourth-order valence-corrected chi connectivity index (χ4v) is 2.60. The third kappa shape index (κ3) is 3.68. The highest BCUT2D eigenvalue weighted by Crippen LogP contribution is 2.22. The lowest BCUT2D eigenvalue weighted by Gasteiger charge is -2.07. The Morgan fingerprint density at radius 1 is 0.900 bits per heavy atom. The molecule has 0 amide bonds. The minimum atomic E-state index is -4.12. The molecule has 0 saturated carbocycles. The standard InChI is InChI=1S/C16H18O3S/c1-12(2)11-13-3-5-14(6-4-13)15-7-9-16(10-8-15)20(17,18)19/h3-10,12H,11H2,1-2H3,(H,17,18,19). The van der Waals surface area contributed by atoms with Crippen LogP contribution >= 0.6 is 0 Å². The number of benzene rings is 2. The molecule has 2 rings (SSSR count). The molecule has 0 heterocycles. The molecule has 0 aliphatic heterocycles. The van der Waals surface area contributed by atoms with E-state index in [1.807, 2.05) is 12.1 Å². The number of hydrogen-bond donors (Lipinski definition) is 1. The highest BCUT2D eigenvalue weighted by molar-refractivity contribution is 7.85. The van der Waals surface area contributed by atoms with Crippen molar-refractivity contribution < 1.29 is 13.0 Å². The summed E-state index contributed by atoms with van der Waals surface area (Å²) in [5.41, 5.74) is 3.24. The molecule has 20 heavy (non-hydrogen) atoms. The molecule has 2 aromatic rings. The van der Waals surface area contributed by atoms with E-state index >= 15 is 0 Å². The van der Waals surface area contributed by atoms with Gasteiger partial charge in [0.05, 0.1) is 4.90 Å². The van der Waals surface area contributed by atoms with Crippen molar-refractivity contribution in [2.24, 2.45) is 5.92 Å². The first-order chi connectivity index (χ1) is 9.36. The molecular weight excluding hydrogens is 272 g/mol. The summed E-state index contributed by atoms with van der Waals surface area (Å²) in [7, 11) is -4.12. The van der Waals surface area contributed by atoms with E-state index in [9.17, 15) is 8.42 Å². The molecule has 0 bridgehead atoms. The summed E-state index contributed by atoms with van der Waals surface area (Å²) in [5.74, 6) is 0.620. The maximum Gasteiger partial charge on any atom is 0.294 e. The van der Waals surface area contributed by atoms with Crippen molar-refractivity contribution in [1.29, 1.82) is 0 Å². The van der Waals surface area contributed by atoms with E-state index in [1.54, 1.807) is 12.1 Å². The topological polar surface area (TPSA) is 54.4 Å². The van der Waals surface area contributed by atoms with E-state index in [0.29, 0.717) is 5.92 Å². The zero-order valence-electron chi connectivity index (χ0n) is 11.6. The van der Waals surface area contributed by atoms with E-state index in [0.717, 1.165) is 17.5 Å². The van der Waals surface area contributed by atoms with Gasteiger partial charge in [0.15, 0.2) is 0 Å². The van der Waals surface area contributed by atoms with Crippen molar-refractivity contribution in [3.8, 4) is 11.1 Å². The smallest absolute Gasteiger partial charge is 0.282 e. The predicted octanol–water partition coefficient (Wildman–Crippen LogP) is 3.80. The molecule has 0 aliphatic rings. The van der Waals surface area contributed by atoms with Gasteiger partial charge >= 0.3 is 0 Å². The SMILES string of the molecule is CC(C)Cc1ccc(-c2ccc(S(=O)(=O)O)cc2)cc1. The Hall–Kier alpha value is -1.65. The molecule has 0 saturated heterocycles. The third-order valence-corrected chi connectivity index (χ3v) is 3.95. The molecule has 0 atom stereocenters. The molecule has 4 heteroatoms. The van der Waals surface area contributed by atoms with Gasteiger partial charge in [-0.3, -0.25) is 4.55 Å². The third-order valence-electron chi connectivity index (χ3n) is 3.08. The van der Waals surface area contributed by atoms with Gasteiger partial charge in [-0.05, 0) is 41.2 Å². The van der Waals surface area contributed by atoms with E-state index in [2.05, 4.69) is 26.0 Å². The summed E-state index contributed by atoms with van der Waals surface area (Å²) >= 11 is 0. The zero-order valence-corrected chi connectivity index (χ0v) is 12.4. The van der Waals surface area contributed by atoms with Crippen LogP contribution in [0.15, 0.2) is 53.4 Å². The highest BCUT2D eigenvalue weighted by Gasteiger charge is 2.09. The predicted molar refractivity (Wildman–Crippen MR) is 80.2 cm³/mol. The maximum absolute atomic E-state index is 11.0. The zero-order chi connectivity index (χ0) is 14.8. The van der Waals surface area contributed by atoms with Gasteiger partial charge in [-0.2, -0.15) is 8.42 Å². The molecule has 0 aliphatic carbocycles. The second-order valence-electron chi connectivity index (χ2n) is 5.29. The molecule has 2 aromatic carbocycles. The summed E-state index contributed by atoms with van der Waals surface area (Å²) in [6, 6.07) is 14.4. The molecule has 0 aromatic heterocycles. The van der Waals surface area contributed by atoms with Crippen LogP contribution in [0.25, 0.3) is 11.1 Å². The molecule has 3 nitrogen and oxygen atoms in total. The molecule has 1 N–H and O–H groups in total. The highest BCUT2D eigenvalue weighted by atomic mass is 32.2. The average Bonchev–Trinajstić information content (AvgIpc) is 2.38. The summed E-state index contributed by atoms with van der Waals surface area (Å²) < 4.78 is 30.9. The van der Waals surface area contributed by atoms with Gasteiger partial charge in [0.2, 0.25) is 0 Å². The van der Waals surface area contributed by atoms with Crippen LogP contribution in [-0.2, 0) is 16.5 Å². The second-order valence-corrected chi connectivity index (χ2v) is 6.72. The normalized spacial score (nSPS) is 11.8. The largest absolute Gasteiger partial charge is 0.294 e. The van der Waals surface area contributed by atoms with Gasteiger partial charge < -0.3 is 0 Å². The van der Waals surface area contributed by atoms with Gasteiger partial charge in [0, 0.05) is 0 Å². The average molecular weight is 290 g/mol. The Kier molecular flexibility index (Phi) is 4.26. The quantitative estimate of drug-likeness (QED) is 0.871. The fraction of sp³-hybridized carbons (Fsp3) is 0.250. The van der Waals surface area contributed by atoms with E-state index in [4.69, 9.17) is 4.55 Å². The van der Waals surface area contributed by atoms with Gasteiger partial charge in [-0.1, -0.05) is 50.2 Å². The van der Waals surface area contributed by atoms with Crippen LogP contribution in [-0.4, -0.2) is 13.0 Å². The summed E-state index contributed by atoms with van der Waals surface area (Å²) in [6.07, 6.45) is 1.04. The van der Waals surface area contributed by atoms with Gasteiger partial charge in [0.25, 0.3) is 10.1 Å². The Labute approximate surface area is 120 Å². The van der Waals surface area contributed by atoms with Crippen molar-refractivity contribution in [1.82, 2.24) is 0 Å². The minimum Gasteiger partial charge on any atom is -0.282 e. The van der Waals surface area contributed by atoms with Crippen LogP contribution in [0.1, 0.15) is 19.4 Å². The Balaban J connectivity index is 2.24. The fourth-order valence-electron chi connectivity index (χ4n) is 2.12. The molecule has 0 spiro atoms. The van der Waals surface area contributed by atoms with Crippen molar-refractivity contribution in [2.75, 3.05) is 0 Å². The van der Waals surface area contributed by atoms with Crippen LogP contribution in [0.3, 0.4) is 0 Å². The summed E-state index contributed by atoms with van der Waals surface area (Å²) in [6.45, 7) is 4.37. The molecule has 0 unspecified atom stereocenters. The van der Waals surface area contributed by atoms with Crippen molar-refractivity contribution >= 4 is 10.1 Å². The molecular formula is C16H18O3S. The van der Waals surface area contributed by atoms with Gasteiger partial charge in [0.1, 0.15) is 0 Å². The maximum atomic E-state index is 11.0. The Morgan fingerprint density at radius 3 is 1.75 bits per heavy atom. The first-order valence-electron chi connectivity index (χ1n) is 6.53. The van der Waals surface area contributed by atoms with E-state index in [-0.39, 0.29) is 4.90 Å². The van der Waals surface area contributed by atoms with Crippen LogP contribution < -0.4 is 0 Å². The van der Waals surface area contributed by atoms with E-state index < -0.39 is 10.1 Å². The molecule has 106 valence electrons. The minimum absolute atomic E-state index is 0.0855. The summed E-state index contributed by atoms with van der Waals surface area (Å²) in [4.78, 5) is -0.0855. The first kappa shape index (κ1) is 14.8.